The standard InChI is InChI=1S/C16H14ClN5O2/c17-14-9-5-4-8-13(14)15(10-22-19-11-18-21-22)24-16(23)20-12-6-2-1-3-7-12/h1-9,11,15H,10H2,(H,20,23)/t15-/m0/s1. The van der Waals surface area contributed by atoms with Crippen molar-refractivity contribution in [2.75, 3.05) is 5.32 Å². The van der Waals surface area contributed by atoms with Crippen LogP contribution in [0.1, 0.15) is 11.7 Å². The summed E-state index contributed by atoms with van der Waals surface area (Å²) in [6, 6.07) is 16.2. The summed E-state index contributed by atoms with van der Waals surface area (Å²) >= 11 is 6.23. The van der Waals surface area contributed by atoms with Crippen molar-refractivity contribution < 1.29 is 9.53 Å². The number of nitrogens with zero attached hydrogens (tertiary/aromatic N) is 4. The molecular formula is C16H14ClN5O2. The molecule has 7 nitrogen and oxygen atoms in total. The van der Waals surface area contributed by atoms with E-state index in [0.717, 1.165) is 0 Å². The Bertz CT molecular complexity index is 795. The Morgan fingerprint density at radius 3 is 2.62 bits per heavy atom. The van der Waals surface area contributed by atoms with Gasteiger partial charge in [-0.3, -0.25) is 5.32 Å². The first-order chi connectivity index (χ1) is 11.7. The van der Waals surface area contributed by atoms with Gasteiger partial charge in [0.1, 0.15) is 6.54 Å². The van der Waals surface area contributed by atoms with Gasteiger partial charge in [0, 0.05) is 16.3 Å². The molecule has 0 saturated heterocycles. The molecule has 0 fully saturated rings. The van der Waals surface area contributed by atoms with Crippen molar-refractivity contribution in [3.63, 3.8) is 0 Å². The van der Waals surface area contributed by atoms with E-state index < -0.39 is 12.2 Å². The third kappa shape index (κ3) is 4.08. The number of para-hydroxylation sites is 1. The van der Waals surface area contributed by atoms with Crippen molar-refractivity contribution in [1.82, 2.24) is 20.2 Å². The van der Waals surface area contributed by atoms with E-state index >= 15 is 0 Å². The largest absolute Gasteiger partial charge is 0.439 e. The Hall–Kier alpha value is -2.93. The smallest absolute Gasteiger partial charge is 0.412 e. The minimum atomic E-state index is -0.656. The van der Waals surface area contributed by atoms with Gasteiger partial charge in [-0.05, 0) is 23.4 Å². The van der Waals surface area contributed by atoms with Crippen molar-refractivity contribution in [2.45, 2.75) is 12.6 Å². The summed E-state index contributed by atoms with van der Waals surface area (Å²) < 4.78 is 5.53. The van der Waals surface area contributed by atoms with Crippen LogP contribution >= 0.6 is 11.6 Å². The van der Waals surface area contributed by atoms with E-state index in [4.69, 9.17) is 16.3 Å². The van der Waals surface area contributed by atoms with Crippen LogP contribution in [0.3, 0.4) is 0 Å². The van der Waals surface area contributed by atoms with E-state index in [0.29, 0.717) is 16.3 Å². The molecule has 1 atom stereocenters. The molecule has 122 valence electrons. The molecular weight excluding hydrogens is 330 g/mol. The number of carbonyl (C=O) groups is 1. The Morgan fingerprint density at radius 2 is 1.92 bits per heavy atom. The minimum absolute atomic E-state index is 0.200. The topological polar surface area (TPSA) is 81.9 Å². The summed E-state index contributed by atoms with van der Waals surface area (Å²) in [5.74, 6) is 0. The van der Waals surface area contributed by atoms with Gasteiger partial charge in [-0.1, -0.05) is 48.0 Å². The Morgan fingerprint density at radius 1 is 1.17 bits per heavy atom. The van der Waals surface area contributed by atoms with Crippen molar-refractivity contribution in [3.8, 4) is 0 Å². The average molecular weight is 344 g/mol. The third-order valence-electron chi connectivity index (χ3n) is 3.24. The first-order valence-corrected chi connectivity index (χ1v) is 7.58. The Balaban J connectivity index is 1.77. The van der Waals surface area contributed by atoms with Crippen LogP contribution in [-0.2, 0) is 11.3 Å². The lowest BCUT2D eigenvalue weighted by atomic mass is 10.1. The molecule has 1 amide bonds. The number of carbonyl (C=O) groups excluding carboxylic acids is 1. The van der Waals surface area contributed by atoms with Crippen LogP contribution in [0.15, 0.2) is 60.9 Å². The zero-order chi connectivity index (χ0) is 16.8. The van der Waals surface area contributed by atoms with Crippen molar-refractivity contribution in [1.29, 1.82) is 0 Å². The van der Waals surface area contributed by atoms with Crippen LogP contribution in [0.5, 0.6) is 0 Å². The van der Waals surface area contributed by atoms with Crippen molar-refractivity contribution >= 4 is 23.4 Å². The third-order valence-corrected chi connectivity index (χ3v) is 3.59. The lowest BCUT2D eigenvalue weighted by Gasteiger charge is -2.19. The summed E-state index contributed by atoms with van der Waals surface area (Å²) in [5, 5.41) is 14.6. The van der Waals surface area contributed by atoms with Gasteiger partial charge in [0.15, 0.2) is 12.4 Å². The second-order valence-corrected chi connectivity index (χ2v) is 5.30. The summed E-state index contributed by atoms with van der Waals surface area (Å²) in [5.41, 5.74) is 1.30. The fourth-order valence-electron chi connectivity index (χ4n) is 2.15. The molecule has 3 rings (SSSR count). The van der Waals surface area contributed by atoms with Crippen molar-refractivity contribution in [3.05, 3.63) is 71.5 Å². The quantitative estimate of drug-likeness (QED) is 0.768. The molecule has 24 heavy (non-hydrogen) atoms. The monoisotopic (exact) mass is 343 g/mol. The molecule has 0 bridgehead atoms. The number of ether oxygens (including phenoxy) is 1. The number of tetrazole rings is 1. The van der Waals surface area contributed by atoms with Crippen LogP contribution < -0.4 is 5.32 Å². The fraction of sp³-hybridized carbons (Fsp3) is 0.125. The van der Waals surface area contributed by atoms with Gasteiger partial charge in [0.2, 0.25) is 0 Å². The van der Waals surface area contributed by atoms with E-state index in [1.165, 1.54) is 11.1 Å². The zero-order valence-corrected chi connectivity index (χ0v) is 13.3. The number of hydrogen-bond donors (Lipinski definition) is 1. The number of halogens is 1. The van der Waals surface area contributed by atoms with Crippen LogP contribution in [0.2, 0.25) is 5.02 Å². The highest BCUT2D eigenvalue weighted by Gasteiger charge is 2.21. The van der Waals surface area contributed by atoms with Crippen molar-refractivity contribution in [2.24, 2.45) is 0 Å². The average Bonchev–Trinajstić information content (AvgIpc) is 3.09. The molecule has 3 aromatic rings. The number of nitrogens with one attached hydrogen (secondary N) is 1. The van der Waals surface area contributed by atoms with Crippen LogP contribution in [-0.4, -0.2) is 26.3 Å². The molecule has 2 aromatic carbocycles. The van der Waals surface area contributed by atoms with E-state index in [9.17, 15) is 4.79 Å². The molecule has 1 heterocycles. The Labute approximate surface area is 143 Å². The Kier molecular flexibility index (Phi) is 5.02. The second-order valence-electron chi connectivity index (χ2n) is 4.90. The number of anilines is 1. The minimum Gasteiger partial charge on any atom is -0.439 e. The van der Waals surface area contributed by atoms with E-state index in [2.05, 4.69) is 20.7 Å². The molecule has 0 spiro atoms. The van der Waals surface area contributed by atoms with Gasteiger partial charge in [-0.2, -0.15) is 4.80 Å². The molecule has 8 heteroatoms. The van der Waals surface area contributed by atoms with Gasteiger partial charge in [0.05, 0.1) is 0 Å². The van der Waals surface area contributed by atoms with E-state index in [1.807, 2.05) is 24.3 Å². The number of amides is 1. The molecule has 1 aromatic heterocycles. The summed E-state index contributed by atoms with van der Waals surface area (Å²) in [6.45, 7) is 0.200. The molecule has 0 unspecified atom stereocenters. The molecule has 1 N–H and O–H groups in total. The summed E-state index contributed by atoms with van der Waals surface area (Å²) in [6.07, 6.45) is 0.0658. The number of rotatable bonds is 5. The maximum atomic E-state index is 12.2. The molecule has 0 radical (unpaired) electrons. The van der Waals surface area contributed by atoms with Gasteiger partial charge < -0.3 is 4.74 Å². The van der Waals surface area contributed by atoms with Crippen LogP contribution in [0.4, 0.5) is 10.5 Å². The maximum Gasteiger partial charge on any atom is 0.412 e. The molecule has 0 saturated carbocycles. The van der Waals surface area contributed by atoms with Gasteiger partial charge in [-0.25, -0.2) is 4.79 Å². The zero-order valence-electron chi connectivity index (χ0n) is 12.5. The lowest BCUT2D eigenvalue weighted by molar-refractivity contribution is 0.0940. The van der Waals surface area contributed by atoms with Gasteiger partial charge in [0.25, 0.3) is 0 Å². The van der Waals surface area contributed by atoms with Gasteiger partial charge >= 0.3 is 6.09 Å². The highest BCUT2D eigenvalue weighted by atomic mass is 35.5. The second kappa shape index (κ2) is 7.56. The maximum absolute atomic E-state index is 12.2. The predicted molar refractivity (Wildman–Crippen MR) is 88.6 cm³/mol. The molecule has 0 aliphatic carbocycles. The highest BCUT2D eigenvalue weighted by Crippen LogP contribution is 2.27. The fourth-order valence-corrected chi connectivity index (χ4v) is 2.41. The van der Waals surface area contributed by atoms with E-state index in [-0.39, 0.29) is 6.54 Å². The SMILES string of the molecule is O=C(Nc1ccccc1)O[C@@H](Cn1ncnn1)c1ccccc1Cl. The highest BCUT2D eigenvalue weighted by molar-refractivity contribution is 6.31. The van der Waals surface area contributed by atoms with E-state index in [1.54, 1.807) is 30.3 Å². The lowest BCUT2D eigenvalue weighted by Crippen LogP contribution is -2.22. The van der Waals surface area contributed by atoms with Crippen LogP contribution in [0, 0.1) is 0 Å². The number of hydrogen-bond acceptors (Lipinski definition) is 5. The summed E-state index contributed by atoms with van der Waals surface area (Å²) in [4.78, 5) is 13.5. The first-order valence-electron chi connectivity index (χ1n) is 7.20. The van der Waals surface area contributed by atoms with Gasteiger partial charge in [-0.15, -0.1) is 10.2 Å². The predicted octanol–water partition coefficient (Wildman–Crippen LogP) is 3.32. The number of benzene rings is 2. The summed E-state index contributed by atoms with van der Waals surface area (Å²) in [7, 11) is 0. The molecule has 0 aliphatic rings. The normalized spacial score (nSPS) is 11.7. The van der Waals surface area contributed by atoms with Crippen LogP contribution in [0.25, 0.3) is 0 Å². The first kappa shape index (κ1) is 15.9. The molecule has 0 aliphatic heterocycles. The number of aromatic nitrogens is 4.